The van der Waals surface area contributed by atoms with E-state index in [0.717, 1.165) is 90.1 Å². The molecular weight excluding hydrogens is 531 g/mol. The van der Waals surface area contributed by atoms with Crippen LogP contribution in [0.1, 0.15) is 45.6 Å². The molecule has 8 heteroatoms. The standard InChI is InChI=1S/C25H44N4O3.HI/c1-5-26-25(29-15-13-24(14-16-29)31-19-8-18-30-4)27-21-22-9-11-23(12-10-22)32-20-17-28(6-2)7-3;/h9-12,24H,5-8,13-21H2,1-4H3,(H,26,27);1H. The highest BCUT2D eigenvalue weighted by Crippen LogP contribution is 2.16. The second-order valence-corrected chi connectivity index (χ2v) is 8.09. The fourth-order valence-electron chi connectivity index (χ4n) is 3.80. The second-order valence-electron chi connectivity index (χ2n) is 8.09. The minimum Gasteiger partial charge on any atom is -0.492 e. The van der Waals surface area contributed by atoms with Gasteiger partial charge in [-0.2, -0.15) is 0 Å². The molecule has 1 aromatic rings. The maximum absolute atomic E-state index is 5.99. The van der Waals surface area contributed by atoms with Crippen LogP contribution in [-0.4, -0.2) is 88.1 Å². The van der Waals surface area contributed by atoms with Crippen LogP contribution in [0.15, 0.2) is 29.3 Å². The molecule has 7 nitrogen and oxygen atoms in total. The molecular formula is C25H45IN4O3. The van der Waals surface area contributed by atoms with Crippen LogP contribution in [0.4, 0.5) is 0 Å². The number of benzene rings is 1. The van der Waals surface area contributed by atoms with E-state index in [-0.39, 0.29) is 24.0 Å². The molecule has 2 rings (SSSR count). The molecule has 1 aliphatic rings. The summed E-state index contributed by atoms with van der Waals surface area (Å²) in [5.74, 6) is 1.91. The number of hydrogen-bond donors (Lipinski definition) is 1. The summed E-state index contributed by atoms with van der Waals surface area (Å²) in [6.07, 6.45) is 3.38. The second kappa shape index (κ2) is 18.3. The van der Waals surface area contributed by atoms with E-state index >= 15 is 0 Å². The first-order valence-electron chi connectivity index (χ1n) is 12.3. The Bertz CT molecular complexity index is 633. The minimum atomic E-state index is 0. The monoisotopic (exact) mass is 576 g/mol. The Labute approximate surface area is 218 Å². The number of rotatable bonds is 14. The number of ether oxygens (including phenoxy) is 3. The third-order valence-electron chi connectivity index (χ3n) is 5.83. The molecule has 0 saturated carbocycles. The van der Waals surface area contributed by atoms with E-state index in [2.05, 4.69) is 48.0 Å². The number of halogens is 1. The van der Waals surface area contributed by atoms with Gasteiger partial charge in [-0.05, 0) is 57.0 Å². The summed E-state index contributed by atoms with van der Waals surface area (Å²) in [4.78, 5) is 9.60. The quantitative estimate of drug-likeness (QED) is 0.156. The lowest BCUT2D eigenvalue weighted by atomic mass is 10.1. The van der Waals surface area contributed by atoms with E-state index in [1.165, 1.54) is 5.56 Å². The van der Waals surface area contributed by atoms with E-state index in [1.54, 1.807) is 7.11 Å². The number of piperidine rings is 1. The van der Waals surface area contributed by atoms with Gasteiger partial charge in [0.05, 0.1) is 12.6 Å². The van der Waals surface area contributed by atoms with Crippen molar-refractivity contribution in [2.24, 2.45) is 4.99 Å². The maximum atomic E-state index is 5.99. The largest absolute Gasteiger partial charge is 0.492 e. The number of hydrogen-bond acceptors (Lipinski definition) is 5. The van der Waals surface area contributed by atoms with E-state index in [0.29, 0.717) is 12.6 Å². The zero-order chi connectivity index (χ0) is 23.0. The van der Waals surface area contributed by atoms with Crippen molar-refractivity contribution in [1.29, 1.82) is 0 Å². The molecule has 0 amide bonds. The van der Waals surface area contributed by atoms with Gasteiger partial charge in [-0.25, -0.2) is 4.99 Å². The lowest BCUT2D eigenvalue weighted by molar-refractivity contribution is 0.00990. The molecule has 1 N–H and O–H groups in total. The van der Waals surface area contributed by atoms with Gasteiger partial charge in [0.2, 0.25) is 0 Å². The number of likely N-dealkylation sites (tertiary alicyclic amines) is 1. The summed E-state index contributed by atoms with van der Waals surface area (Å²) in [7, 11) is 1.73. The van der Waals surface area contributed by atoms with Crippen molar-refractivity contribution in [3.8, 4) is 5.75 Å². The molecule has 33 heavy (non-hydrogen) atoms. The fraction of sp³-hybridized carbons (Fsp3) is 0.720. The van der Waals surface area contributed by atoms with Crippen molar-refractivity contribution < 1.29 is 14.2 Å². The van der Waals surface area contributed by atoms with Gasteiger partial charge in [0.1, 0.15) is 12.4 Å². The number of likely N-dealkylation sites (N-methyl/N-ethyl adjacent to an activating group) is 1. The number of aliphatic imine (C=N–C) groups is 1. The summed E-state index contributed by atoms with van der Waals surface area (Å²) in [5.41, 5.74) is 1.19. The molecule has 1 aromatic carbocycles. The summed E-state index contributed by atoms with van der Waals surface area (Å²) in [6, 6.07) is 8.32. The molecule has 1 saturated heterocycles. The molecule has 0 unspecified atom stereocenters. The van der Waals surface area contributed by atoms with Gasteiger partial charge >= 0.3 is 0 Å². The molecule has 0 spiro atoms. The zero-order valence-corrected chi connectivity index (χ0v) is 23.4. The summed E-state index contributed by atoms with van der Waals surface area (Å²) in [5, 5.41) is 3.45. The van der Waals surface area contributed by atoms with Crippen molar-refractivity contribution in [2.75, 3.05) is 66.2 Å². The van der Waals surface area contributed by atoms with Gasteiger partial charge in [-0.15, -0.1) is 24.0 Å². The van der Waals surface area contributed by atoms with Crippen molar-refractivity contribution >= 4 is 29.9 Å². The third kappa shape index (κ3) is 11.7. The highest BCUT2D eigenvalue weighted by Gasteiger charge is 2.21. The van der Waals surface area contributed by atoms with Crippen LogP contribution in [0.5, 0.6) is 5.75 Å². The Balaban J connectivity index is 0.00000544. The molecule has 190 valence electrons. The Morgan fingerprint density at radius 3 is 2.36 bits per heavy atom. The first-order chi connectivity index (χ1) is 15.7. The summed E-state index contributed by atoms with van der Waals surface area (Å²) >= 11 is 0. The van der Waals surface area contributed by atoms with Gasteiger partial charge < -0.3 is 29.3 Å². The number of methoxy groups -OCH3 is 1. The van der Waals surface area contributed by atoms with Gasteiger partial charge in [0, 0.05) is 46.5 Å². The van der Waals surface area contributed by atoms with Crippen LogP contribution in [0.3, 0.4) is 0 Å². The number of nitrogens with zero attached hydrogens (tertiary/aromatic N) is 3. The molecule has 0 aromatic heterocycles. The van der Waals surface area contributed by atoms with E-state index in [4.69, 9.17) is 19.2 Å². The topological polar surface area (TPSA) is 58.6 Å². The zero-order valence-electron chi connectivity index (χ0n) is 21.1. The SMILES string of the molecule is CCNC(=NCc1ccc(OCCN(CC)CC)cc1)N1CCC(OCCCOC)CC1.I. The molecule has 0 aliphatic carbocycles. The fourth-order valence-corrected chi connectivity index (χ4v) is 3.80. The summed E-state index contributed by atoms with van der Waals surface area (Å²) < 4.78 is 17.0. The van der Waals surface area contributed by atoms with Gasteiger partial charge in [-0.1, -0.05) is 26.0 Å². The van der Waals surface area contributed by atoms with Crippen molar-refractivity contribution in [3.63, 3.8) is 0 Å². The van der Waals surface area contributed by atoms with Gasteiger partial charge in [-0.3, -0.25) is 0 Å². The molecule has 0 atom stereocenters. The predicted molar refractivity (Wildman–Crippen MR) is 147 cm³/mol. The van der Waals surface area contributed by atoms with Crippen molar-refractivity contribution in [1.82, 2.24) is 15.1 Å². The first kappa shape index (κ1) is 29.9. The van der Waals surface area contributed by atoms with E-state index in [9.17, 15) is 0 Å². The predicted octanol–water partition coefficient (Wildman–Crippen LogP) is 4.01. The van der Waals surface area contributed by atoms with Crippen LogP contribution >= 0.6 is 24.0 Å². The first-order valence-corrected chi connectivity index (χ1v) is 12.3. The lowest BCUT2D eigenvalue weighted by Gasteiger charge is -2.34. The lowest BCUT2D eigenvalue weighted by Crippen LogP contribution is -2.47. The molecule has 1 aliphatic heterocycles. The van der Waals surface area contributed by atoms with Crippen LogP contribution < -0.4 is 10.1 Å². The van der Waals surface area contributed by atoms with Gasteiger partial charge in [0.25, 0.3) is 0 Å². The normalized spacial score (nSPS) is 14.9. The average molecular weight is 577 g/mol. The van der Waals surface area contributed by atoms with E-state index in [1.807, 2.05) is 12.1 Å². The van der Waals surface area contributed by atoms with Crippen LogP contribution in [0, 0.1) is 0 Å². The minimum absolute atomic E-state index is 0. The Morgan fingerprint density at radius 2 is 1.76 bits per heavy atom. The number of nitrogens with one attached hydrogen (secondary N) is 1. The average Bonchev–Trinajstić information content (AvgIpc) is 2.83. The van der Waals surface area contributed by atoms with Crippen LogP contribution in [-0.2, 0) is 16.0 Å². The summed E-state index contributed by atoms with van der Waals surface area (Å²) in [6.45, 7) is 15.3. The smallest absolute Gasteiger partial charge is 0.194 e. The molecule has 1 fully saturated rings. The van der Waals surface area contributed by atoms with Gasteiger partial charge in [0.15, 0.2) is 5.96 Å². The molecule has 0 bridgehead atoms. The van der Waals surface area contributed by atoms with Crippen molar-refractivity contribution in [3.05, 3.63) is 29.8 Å². The Hall–Kier alpha value is -1.10. The van der Waals surface area contributed by atoms with Crippen LogP contribution in [0.2, 0.25) is 0 Å². The van der Waals surface area contributed by atoms with Crippen molar-refractivity contribution in [2.45, 2.75) is 52.7 Å². The maximum Gasteiger partial charge on any atom is 0.194 e. The third-order valence-corrected chi connectivity index (χ3v) is 5.83. The highest BCUT2D eigenvalue weighted by molar-refractivity contribution is 14.0. The Kier molecular flexibility index (Phi) is 16.6. The molecule has 1 heterocycles. The van der Waals surface area contributed by atoms with E-state index < -0.39 is 0 Å². The molecule has 0 radical (unpaired) electrons. The number of guanidine groups is 1. The Morgan fingerprint density at radius 1 is 1.06 bits per heavy atom. The van der Waals surface area contributed by atoms with Crippen LogP contribution in [0.25, 0.3) is 0 Å². The highest BCUT2D eigenvalue weighted by atomic mass is 127.